The quantitative estimate of drug-likeness (QED) is 0.867. The van der Waals surface area contributed by atoms with E-state index in [0.29, 0.717) is 24.6 Å². The van der Waals surface area contributed by atoms with Gasteiger partial charge in [-0.3, -0.25) is 14.6 Å². The Balaban J connectivity index is 1.53. The number of likely N-dealkylation sites (tertiary alicyclic amines) is 1. The maximum absolute atomic E-state index is 12.7. The van der Waals surface area contributed by atoms with Gasteiger partial charge in [0.05, 0.1) is 11.6 Å². The van der Waals surface area contributed by atoms with Crippen molar-refractivity contribution in [1.82, 2.24) is 20.5 Å². The lowest BCUT2D eigenvalue weighted by Gasteiger charge is -2.33. The third kappa shape index (κ3) is 3.93. The van der Waals surface area contributed by atoms with Crippen LogP contribution in [0.5, 0.6) is 0 Å². The molecule has 24 heavy (non-hydrogen) atoms. The number of rotatable bonds is 4. The van der Waals surface area contributed by atoms with Crippen molar-refractivity contribution in [3.05, 3.63) is 29.6 Å². The van der Waals surface area contributed by atoms with Gasteiger partial charge in [-0.05, 0) is 57.2 Å². The molecule has 0 radical (unpaired) electrons. The first-order valence-electron chi connectivity index (χ1n) is 8.87. The first-order valence-corrected chi connectivity index (χ1v) is 8.87. The van der Waals surface area contributed by atoms with E-state index in [2.05, 4.69) is 15.6 Å². The van der Waals surface area contributed by atoms with E-state index in [0.717, 1.165) is 44.5 Å². The van der Waals surface area contributed by atoms with Gasteiger partial charge in [-0.25, -0.2) is 0 Å². The number of piperidine rings is 1. The number of nitrogens with zero attached hydrogens (tertiary/aromatic N) is 2. The lowest BCUT2D eigenvalue weighted by Crippen LogP contribution is -2.46. The summed E-state index contributed by atoms with van der Waals surface area (Å²) < 4.78 is 0. The zero-order valence-electron chi connectivity index (χ0n) is 14.3. The van der Waals surface area contributed by atoms with Gasteiger partial charge in [-0.15, -0.1) is 0 Å². The Kier molecular flexibility index (Phi) is 5.45. The van der Waals surface area contributed by atoms with Crippen LogP contribution in [0.3, 0.4) is 0 Å². The number of hydrogen-bond acceptors (Lipinski definition) is 4. The Bertz CT molecular complexity index is 598. The van der Waals surface area contributed by atoms with Gasteiger partial charge in [0.2, 0.25) is 5.91 Å². The Hall–Kier alpha value is -1.95. The Morgan fingerprint density at radius 1 is 1.38 bits per heavy atom. The van der Waals surface area contributed by atoms with Crippen molar-refractivity contribution in [2.24, 2.45) is 5.92 Å². The van der Waals surface area contributed by atoms with E-state index in [1.165, 1.54) is 0 Å². The maximum atomic E-state index is 12.7. The second kappa shape index (κ2) is 7.75. The van der Waals surface area contributed by atoms with Crippen LogP contribution in [0.1, 0.15) is 41.7 Å². The Labute approximate surface area is 143 Å². The zero-order chi connectivity index (χ0) is 16.9. The topological polar surface area (TPSA) is 74.3 Å². The molecule has 130 valence electrons. The minimum atomic E-state index is -0.0376. The molecule has 0 saturated carbocycles. The highest BCUT2D eigenvalue weighted by molar-refractivity contribution is 5.95. The summed E-state index contributed by atoms with van der Waals surface area (Å²) in [6.45, 7) is 4.91. The summed E-state index contributed by atoms with van der Waals surface area (Å²) in [5.41, 5.74) is 1.45. The average Bonchev–Trinajstić information content (AvgIpc) is 3.14. The maximum Gasteiger partial charge on any atom is 0.255 e. The first-order chi connectivity index (χ1) is 11.6. The summed E-state index contributed by atoms with van der Waals surface area (Å²) in [6, 6.07) is 3.60. The average molecular weight is 330 g/mol. The van der Waals surface area contributed by atoms with Gasteiger partial charge in [0.1, 0.15) is 0 Å². The predicted molar refractivity (Wildman–Crippen MR) is 91.6 cm³/mol. The molecule has 2 N–H and O–H groups in total. The SMILES string of the molecule is Cc1ncccc1C(=O)N1CCCC(CNC(=O)C2CCCN2)C1. The molecular weight excluding hydrogens is 304 g/mol. The minimum Gasteiger partial charge on any atom is -0.354 e. The highest BCUT2D eigenvalue weighted by Gasteiger charge is 2.27. The van der Waals surface area contributed by atoms with E-state index >= 15 is 0 Å². The predicted octanol–water partition coefficient (Wildman–Crippen LogP) is 1.11. The van der Waals surface area contributed by atoms with Gasteiger partial charge < -0.3 is 15.5 Å². The fourth-order valence-electron chi connectivity index (χ4n) is 3.57. The molecule has 6 nitrogen and oxygen atoms in total. The summed E-state index contributed by atoms with van der Waals surface area (Å²) in [5.74, 6) is 0.471. The summed E-state index contributed by atoms with van der Waals surface area (Å²) in [4.78, 5) is 30.9. The van der Waals surface area contributed by atoms with Gasteiger partial charge in [0, 0.05) is 31.5 Å². The molecule has 3 heterocycles. The van der Waals surface area contributed by atoms with Gasteiger partial charge in [0.15, 0.2) is 0 Å². The monoisotopic (exact) mass is 330 g/mol. The molecule has 6 heteroatoms. The van der Waals surface area contributed by atoms with Crippen molar-refractivity contribution in [2.75, 3.05) is 26.2 Å². The van der Waals surface area contributed by atoms with Crippen LogP contribution < -0.4 is 10.6 Å². The summed E-state index contributed by atoms with van der Waals surface area (Å²) in [5, 5.41) is 6.27. The highest BCUT2D eigenvalue weighted by Crippen LogP contribution is 2.19. The van der Waals surface area contributed by atoms with E-state index < -0.39 is 0 Å². The fraction of sp³-hybridized carbons (Fsp3) is 0.611. The van der Waals surface area contributed by atoms with E-state index in [1.54, 1.807) is 12.3 Å². The van der Waals surface area contributed by atoms with E-state index in [1.807, 2.05) is 17.9 Å². The smallest absolute Gasteiger partial charge is 0.255 e. The fourth-order valence-corrected chi connectivity index (χ4v) is 3.57. The number of carbonyl (C=O) groups is 2. The van der Waals surface area contributed by atoms with Crippen molar-refractivity contribution in [1.29, 1.82) is 0 Å². The Morgan fingerprint density at radius 2 is 2.25 bits per heavy atom. The largest absolute Gasteiger partial charge is 0.354 e. The molecule has 0 spiro atoms. The van der Waals surface area contributed by atoms with Crippen LogP contribution in [-0.2, 0) is 4.79 Å². The van der Waals surface area contributed by atoms with Crippen molar-refractivity contribution >= 4 is 11.8 Å². The van der Waals surface area contributed by atoms with Gasteiger partial charge in [0.25, 0.3) is 5.91 Å². The molecule has 2 atom stereocenters. The Morgan fingerprint density at radius 3 is 3.00 bits per heavy atom. The second-order valence-corrected chi connectivity index (χ2v) is 6.79. The van der Waals surface area contributed by atoms with E-state index in [9.17, 15) is 9.59 Å². The number of carbonyl (C=O) groups excluding carboxylic acids is 2. The molecular formula is C18H26N4O2. The molecule has 2 aliphatic rings. The third-order valence-corrected chi connectivity index (χ3v) is 4.99. The number of pyridine rings is 1. The minimum absolute atomic E-state index is 0.0376. The molecule has 2 aliphatic heterocycles. The number of nitrogens with one attached hydrogen (secondary N) is 2. The lowest BCUT2D eigenvalue weighted by atomic mass is 9.97. The highest BCUT2D eigenvalue weighted by atomic mass is 16.2. The van der Waals surface area contributed by atoms with Crippen LogP contribution in [0, 0.1) is 12.8 Å². The van der Waals surface area contributed by atoms with Crippen molar-refractivity contribution in [3.8, 4) is 0 Å². The van der Waals surface area contributed by atoms with Crippen molar-refractivity contribution in [3.63, 3.8) is 0 Å². The molecule has 1 aromatic rings. The molecule has 0 aromatic carbocycles. The van der Waals surface area contributed by atoms with Gasteiger partial charge >= 0.3 is 0 Å². The molecule has 2 amide bonds. The number of amides is 2. The molecule has 0 aliphatic carbocycles. The normalized spacial score (nSPS) is 24.0. The van der Waals surface area contributed by atoms with E-state index in [4.69, 9.17) is 0 Å². The van der Waals surface area contributed by atoms with Crippen LogP contribution in [0.15, 0.2) is 18.3 Å². The number of aromatic nitrogens is 1. The summed E-state index contributed by atoms with van der Waals surface area (Å²) in [7, 11) is 0. The van der Waals surface area contributed by atoms with E-state index in [-0.39, 0.29) is 17.9 Å². The summed E-state index contributed by atoms with van der Waals surface area (Å²) >= 11 is 0. The molecule has 2 fully saturated rings. The van der Waals surface area contributed by atoms with Crippen LogP contribution in [0.25, 0.3) is 0 Å². The molecule has 0 bridgehead atoms. The number of hydrogen-bond donors (Lipinski definition) is 2. The van der Waals surface area contributed by atoms with Crippen LogP contribution in [0.2, 0.25) is 0 Å². The third-order valence-electron chi connectivity index (χ3n) is 4.99. The standard InChI is InChI=1S/C18H26N4O2/c1-13-15(6-2-8-19-13)18(24)22-10-4-5-14(12-22)11-21-17(23)16-7-3-9-20-16/h2,6,8,14,16,20H,3-5,7,9-12H2,1H3,(H,21,23). The van der Waals surface area contributed by atoms with Crippen molar-refractivity contribution in [2.45, 2.75) is 38.6 Å². The van der Waals surface area contributed by atoms with Crippen LogP contribution in [0.4, 0.5) is 0 Å². The molecule has 3 rings (SSSR count). The lowest BCUT2D eigenvalue weighted by molar-refractivity contribution is -0.123. The molecule has 1 aromatic heterocycles. The van der Waals surface area contributed by atoms with Crippen molar-refractivity contribution < 1.29 is 9.59 Å². The zero-order valence-corrected chi connectivity index (χ0v) is 14.3. The van der Waals surface area contributed by atoms with Crippen LogP contribution >= 0.6 is 0 Å². The van der Waals surface area contributed by atoms with Crippen LogP contribution in [-0.4, -0.2) is 53.9 Å². The van der Waals surface area contributed by atoms with Gasteiger partial charge in [-0.2, -0.15) is 0 Å². The summed E-state index contributed by atoms with van der Waals surface area (Å²) in [6.07, 6.45) is 5.72. The number of aryl methyl sites for hydroxylation is 1. The molecule has 2 saturated heterocycles. The van der Waals surface area contributed by atoms with Gasteiger partial charge in [-0.1, -0.05) is 0 Å². The second-order valence-electron chi connectivity index (χ2n) is 6.79. The first kappa shape index (κ1) is 16.9. The molecule has 2 unspecified atom stereocenters.